The lowest BCUT2D eigenvalue weighted by Gasteiger charge is -2.26. The zero-order valence-corrected chi connectivity index (χ0v) is 28.5. The van der Waals surface area contributed by atoms with Crippen LogP contribution < -0.4 is 38.7 Å². The number of hydrazone groups is 1. The lowest BCUT2D eigenvalue weighted by atomic mass is 10.1. The number of rotatable bonds is 16. The molecule has 0 aliphatic rings. The van der Waals surface area contributed by atoms with Crippen LogP contribution in [-0.2, 0) is 19.6 Å². The molecule has 0 heterocycles. The predicted molar refractivity (Wildman–Crippen MR) is 184 cm³/mol. The second-order valence-electron chi connectivity index (χ2n) is 10.4. The van der Waals surface area contributed by atoms with Gasteiger partial charge >= 0.3 is 0 Å². The summed E-state index contributed by atoms with van der Waals surface area (Å²) >= 11 is 0. The third kappa shape index (κ3) is 9.41. The highest BCUT2D eigenvalue weighted by molar-refractivity contribution is 7.92. The van der Waals surface area contributed by atoms with Gasteiger partial charge in [-0.3, -0.25) is 13.9 Å². The fraction of sp³-hybridized carbons (Fsp3) is 0.229. The van der Waals surface area contributed by atoms with Gasteiger partial charge in [0.15, 0.2) is 18.1 Å². The number of carbonyl (C=O) groups is 2. The van der Waals surface area contributed by atoms with Crippen LogP contribution in [0.2, 0.25) is 0 Å². The van der Waals surface area contributed by atoms with E-state index in [2.05, 4.69) is 15.8 Å². The molecule has 0 unspecified atom stereocenters. The molecular weight excluding hydrogens is 652 g/mol. The molecular formula is C35H38N4O9S. The number of ether oxygens (including phenoxy) is 5. The molecule has 4 aromatic carbocycles. The first-order valence-electron chi connectivity index (χ1n) is 15.0. The molecule has 0 aliphatic heterocycles. The molecule has 4 rings (SSSR count). The normalized spacial score (nSPS) is 11.7. The summed E-state index contributed by atoms with van der Waals surface area (Å²) in [7, 11) is 1.26. The molecule has 0 aliphatic carbocycles. The number of amides is 2. The SMILES string of the molecule is COc1ccc(OC)c(N(CC(=O)N/N=C\c2ccc(OCC(=O)N[C@@H](C)c3ccccc3)cc2)S(=O)(=O)c2ccc(OC)c(OC)c2)c1. The quantitative estimate of drug-likeness (QED) is 0.129. The summed E-state index contributed by atoms with van der Waals surface area (Å²) in [5.41, 5.74) is 4.03. The number of anilines is 1. The van der Waals surface area contributed by atoms with Gasteiger partial charge in [0.1, 0.15) is 23.8 Å². The highest BCUT2D eigenvalue weighted by atomic mass is 32.2. The van der Waals surface area contributed by atoms with E-state index in [4.69, 9.17) is 23.7 Å². The molecule has 0 saturated heterocycles. The van der Waals surface area contributed by atoms with Crippen LogP contribution in [-0.4, -0.2) is 68.0 Å². The van der Waals surface area contributed by atoms with E-state index in [1.807, 2.05) is 37.3 Å². The van der Waals surface area contributed by atoms with Crippen LogP contribution in [0.4, 0.5) is 5.69 Å². The first-order valence-corrected chi connectivity index (χ1v) is 16.4. The number of benzene rings is 4. The van der Waals surface area contributed by atoms with E-state index in [-0.39, 0.29) is 40.6 Å². The number of hydrogen-bond donors (Lipinski definition) is 2. The Labute approximate surface area is 285 Å². The van der Waals surface area contributed by atoms with Crippen molar-refractivity contribution >= 4 is 33.7 Å². The second-order valence-corrected chi connectivity index (χ2v) is 12.3. The van der Waals surface area contributed by atoms with E-state index in [9.17, 15) is 18.0 Å². The predicted octanol–water partition coefficient (Wildman–Crippen LogP) is 4.32. The van der Waals surface area contributed by atoms with E-state index < -0.39 is 22.5 Å². The lowest BCUT2D eigenvalue weighted by molar-refractivity contribution is -0.123. The number of nitrogens with one attached hydrogen (secondary N) is 2. The Balaban J connectivity index is 1.44. The lowest BCUT2D eigenvalue weighted by Crippen LogP contribution is -2.39. The Bertz CT molecular complexity index is 1870. The molecule has 0 bridgehead atoms. The molecule has 1 atom stereocenters. The smallest absolute Gasteiger partial charge is 0.265 e. The highest BCUT2D eigenvalue weighted by Crippen LogP contribution is 2.37. The number of nitrogens with zero attached hydrogens (tertiary/aromatic N) is 2. The molecule has 49 heavy (non-hydrogen) atoms. The molecule has 0 aromatic heterocycles. The summed E-state index contributed by atoms with van der Waals surface area (Å²) in [5.74, 6) is 0.514. The fourth-order valence-corrected chi connectivity index (χ4v) is 6.09. The van der Waals surface area contributed by atoms with Crippen LogP contribution in [0.25, 0.3) is 0 Å². The summed E-state index contributed by atoms with van der Waals surface area (Å²) in [6.45, 7) is 1.07. The number of sulfonamides is 1. The van der Waals surface area contributed by atoms with Gasteiger partial charge in [-0.25, -0.2) is 13.8 Å². The zero-order chi connectivity index (χ0) is 35.4. The van der Waals surface area contributed by atoms with Crippen molar-refractivity contribution in [2.45, 2.75) is 17.9 Å². The third-order valence-electron chi connectivity index (χ3n) is 7.21. The van der Waals surface area contributed by atoms with Crippen molar-refractivity contribution in [2.75, 3.05) is 45.9 Å². The largest absolute Gasteiger partial charge is 0.497 e. The van der Waals surface area contributed by atoms with Crippen molar-refractivity contribution in [1.29, 1.82) is 0 Å². The maximum Gasteiger partial charge on any atom is 0.265 e. The summed E-state index contributed by atoms with van der Waals surface area (Å²) in [5, 5.41) is 6.88. The first kappa shape index (κ1) is 36.1. The standard InChI is InChI=1S/C35H38N4O9S/c1-24(26-9-7-6-8-10-26)37-35(41)23-48-27-13-11-25(12-14-27)21-36-38-34(40)22-39(30-19-28(44-2)15-17-31(30)45-3)49(42,43)29-16-18-32(46-4)33(20-29)47-5/h6-21,24H,22-23H2,1-5H3,(H,37,41)(H,38,40)/b36-21-/t24-/m0/s1. The van der Waals surface area contributed by atoms with Gasteiger partial charge in [0, 0.05) is 12.1 Å². The van der Waals surface area contributed by atoms with Crippen LogP contribution >= 0.6 is 0 Å². The Morgan fingerprint density at radius 1 is 0.776 bits per heavy atom. The maximum atomic E-state index is 14.0. The molecule has 0 spiro atoms. The Morgan fingerprint density at radius 3 is 2.08 bits per heavy atom. The topological polar surface area (TPSA) is 154 Å². The molecule has 0 saturated carbocycles. The zero-order valence-electron chi connectivity index (χ0n) is 27.7. The van der Waals surface area contributed by atoms with Gasteiger partial charge in [0.2, 0.25) is 0 Å². The molecule has 0 radical (unpaired) electrons. The average Bonchev–Trinajstić information content (AvgIpc) is 3.13. The van der Waals surface area contributed by atoms with E-state index in [1.165, 1.54) is 65.0 Å². The molecule has 2 amide bonds. The van der Waals surface area contributed by atoms with Gasteiger partial charge in [0.05, 0.1) is 51.3 Å². The van der Waals surface area contributed by atoms with Crippen molar-refractivity contribution in [3.05, 3.63) is 102 Å². The Kier molecular flexibility index (Phi) is 12.4. The van der Waals surface area contributed by atoms with Gasteiger partial charge in [-0.15, -0.1) is 0 Å². The van der Waals surface area contributed by atoms with Crippen LogP contribution in [0.5, 0.6) is 28.7 Å². The Hall–Kier alpha value is -5.76. The summed E-state index contributed by atoms with van der Waals surface area (Å²) in [6.07, 6.45) is 1.38. The van der Waals surface area contributed by atoms with E-state index in [0.717, 1.165) is 9.87 Å². The maximum absolute atomic E-state index is 14.0. The van der Waals surface area contributed by atoms with Gasteiger partial charge in [-0.2, -0.15) is 5.10 Å². The van der Waals surface area contributed by atoms with E-state index >= 15 is 0 Å². The number of carbonyl (C=O) groups excluding carboxylic acids is 2. The average molecular weight is 691 g/mol. The van der Waals surface area contributed by atoms with Crippen molar-refractivity contribution in [2.24, 2.45) is 5.10 Å². The fourth-order valence-electron chi connectivity index (χ4n) is 4.65. The van der Waals surface area contributed by atoms with Crippen molar-refractivity contribution in [3.63, 3.8) is 0 Å². The molecule has 14 heteroatoms. The highest BCUT2D eigenvalue weighted by Gasteiger charge is 2.31. The van der Waals surface area contributed by atoms with Crippen molar-refractivity contribution < 1.29 is 41.7 Å². The number of hydrogen-bond acceptors (Lipinski definition) is 10. The van der Waals surface area contributed by atoms with Crippen LogP contribution in [0.1, 0.15) is 24.1 Å². The monoisotopic (exact) mass is 690 g/mol. The minimum atomic E-state index is -4.37. The first-order chi connectivity index (χ1) is 23.6. The molecule has 4 aromatic rings. The summed E-state index contributed by atoms with van der Waals surface area (Å²) in [4.78, 5) is 25.3. The molecule has 0 fully saturated rings. The van der Waals surface area contributed by atoms with Gasteiger partial charge in [-0.05, 0) is 66.6 Å². The van der Waals surface area contributed by atoms with Crippen molar-refractivity contribution in [3.8, 4) is 28.7 Å². The van der Waals surface area contributed by atoms with Crippen molar-refractivity contribution in [1.82, 2.24) is 10.7 Å². The van der Waals surface area contributed by atoms with Gasteiger partial charge in [0.25, 0.3) is 21.8 Å². The summed E-state index contributed by atoms with van der Waals surface area (Å²) in [6, 6.07) is 24.8. The van der Waals surface area contributed by atoms with Crippen LogP contribution in [0, 0.1) is 0 Å². The molecule has 2 N–H and O–H groups in total. The van der Waals surface area contributed by atoms with E-state index in [0.29, 0.717) is 22.8 Å². The minimum absolute atomic E-state index is 0.0644. The van der Waals surface area contributed by atoms with Gasteiger partial charge < -0.3 is 29.0 Å². The van der Waals surface area contributed by atoms with E-state index in [1.54, 1.807) is 30.3 Å². The number of methoxy groups -OCH3 is 4. The van der Waals surface area contributed by atoms with Crippen LogP contribution in [0.15, 0.2) is 101 Å². The Morgan fingerprint density at radius 2 is 1.43 bits per heavy atom. The molecule has 258 valence electrons. The van der Waals surface area contributed by atoms with Gasteiger partial charge in [-0.1, -0.05) is 30.3 Å². The third-order valence-corrected chi connectivity index (χ3v) is 8.97. The minimum Gasteiger partial charge on any atom is -0.497 e. The van der Waals surface area contributed by atoms with Crippen LogP contribution in [0.3, 0.4) is 0 Å². The molecule has 13 nitrogen and oxygen atoms in total. The second kappa shape index (κ2) is 16.9. The summed E-state index contributed by atoms with van der Waals surface area (Å²) < 4.78 is 55.8.